The summed E-state index contributed by atoms with van der Waals surface area (Å²) in [7, 11) is 0. The summed E-state index contributed by atoms with van der Waals surface area (Å²) in [5.74, 6) is -0.179. The highest BCUT2D eigenvalue weighted by molar-refractivity contribution is 6.02. The zero-order chi connectivity index (χ0) is 16.0. The Hall–Kier alpha value is -2.04. The molecule has 2 unspecified atom stereocenters. The zero-order valence-corrected chi connectivity index (χ0v) is 13.4. The molecule has 1 aromatic rings. The Morgan fingerprint density at radius 3 is 2.78 bits per heavy atom. The molecular weight excluding hydrogens is 292 g/mol. The Labute approximate surface area is 136 Å². The Balaban J connectivity index is 1.70. The van der Waals surface area contributed by atoms with Crippen LogP contribution in [0.5, 0.6) is 5.75 Å². The highest BCUT2D eigenvalue weighted by atomic mass is 16.5. The third kappa shape index (κ3) is 2.38. The van der Waals surface area contributed by atoms with Gasteiger partial charge in [0, 0.05) is 25.4 Å². The van der Waals surface area contributed by atoms with Crippen LogP contribution in [0.3, 0.4) is 0 Å². The molecule has 5 nitrogen and oxygen atoms in total. The second-order valence-electron chi connectivity index (χ2n) is 7.03. The third-order valence-corrected chi connectivity index (χ3v) is 5.27. The van der Waals surface area contributed by atoms with Gasteiger partial charge in [-0.3, -0.25) is 9.59 Å². The van der Waals surface area contributed by atoms with Gasteiger partial charge in [-0.05, 0) is 37.8 Å². The maximum absolute atomic E-state index is 13.0. The van der Waals surface area contributed by atoms with Crippen LogP contribution in [0.4, 0.5) is 0 Å². The van der Waals surface area contributed by atoms with Gasteiger partial charge in [-0.2, -0.15) is 0 Å². The molecule has 0 aromatic heterocycles. The number of nitrogens with zero attached hydrogens (tertiary/aromatic N) is 1. The molecule has 4 rings (SSSR count). The minimum atomic E-state index is -0.714. The first-order valence-corrected chi connectivity index (χ1v) is 8.46. The van der Waals surface area contributed by atoms with E-state index in [2.05, 4.69) is 5.32 Å². The average Bonchev–Trinajstić information content (AvgIpc) is 2.54. The highest BCUT2D eigenvalue weighted by Crippen LogP contribution is 2.47. The fourth-order valence-electron chi connectivity index (χ4n) is 4.18. The maximum Gasteiger partial charge on any atom is 0.236 e. The van der Waals surface area contributed by atoms with E-state index in [1.54, 1.807) is 0 Å². The molecule has 2 saturated heterocycles. The van der Waals surface area contributed by atoms with Gasteiger partial charge >= 0.3 is 0 Å². The van der Waals surface area contributed by atoms with Gasteiger partial charge < -0.3 is 15.0 Å². The second kappa shape index (κ2) is 5.25. The average molecular weight is 314 g/mol. The molecule has 0 radical (unpaired) electrons. The molecule has 1 N–H and O–H groups in total. The summed E-state index contributed by atoms with van der Waals surface area (Å²) in [6.45, 7) is 3.42. The lowest BCUT2D eigenvalue weighted by Crippen LogP contribution is -2.63. The Morgan fingerprint density at radius 1 is 1.26 bits per heavy atom. The molecule has 3 atom stereocenters. The quantitative estimate of drug-likeness (QED) is 0.807. The van der Waals surface area contributed by atoms with Gasteiger partial charge in [0.05, 0.1) is 0 Å². The van der Waals surface area contributed by atoms with Crippen molar-refractivity contribution in [3.63, 3.8) is 0 Å². The number of piperidine rings is 2. The molecular formula is C18H22N2O3. The van der Waals surface area contributed by atoms with Crippen LogP contribution in [0.2, 0.25) is 0 Å². The molecule has 0 aliphatic carbocycles. The monoisotopic (exact) mass is 314 g/mol. The topological polar surface area (TPSA) is 58.6 Å². The standard InChI is InChI=1S/C18H22N2O3/c1-18-11-13(12-7-3-4-8-14(12)23-18)15(16(21)19-18)17(22)20-9-5-2-6-10-20/h3-4,7-8,13,15H,2,5-6,9-11H2,1H3,(H,19,21)/t13?,15?,18-/m1/s1. The van der Waals surface area contributed by atoms with Crippen molar-refractivity contribution < 1.29 is 14.3 Å². The number of likely N-dealkylation sites (tertiary alicyclic amines) is 1. The van der Waals surface area contributed by atoms with E-state index in [9.17, 15) is 9.59 Å². The van der Waals surface area contributed by atoms with Crippen molar-refractivity contribution in [1.29, 1.82) is 0 Å². The summed E-state index contributed by atoms with van der Waals surface area (Å²) in [6.07, 6.45) is 3.86. The summed E-state index contributed by atoms with van der Waals surface area (Å²) >= 11 is 0. The molecule has 23 heavy (non-hydrogen) atoms. The largest absolute Gasteiger partial charge is 0.468 e. The number of carbonyl (C=O) groups excluding carboxylic acids is 2. The number of ether oxygens (including phenoxy) is 1. The van der Waals surface area contributed by atoms with Gasteiger partial charge in [-0.1, -0.05) is 18.2 Å². The normalized spacial score (nSPS) is 32.6. The predicted molar refractivity (Wildman–Crippen MR) is 84.9 cm³/mol. The Kier molecular flexibility index (Phi) is 3.32. The first-order chi connectivity index (χ1) is 11.1. The molecule has 3 aliphatic rings. The first-order valence-electron chi connectivity index (χ1n) is 8.46. The van der Waals surface area contributed by atoms with Crippen molar-refractivity contribution in [2.45, 2.75) is 44.2 Å². The third-order valence-electron chi connectivity index (χ3n) is 5.27. The molecule has 3 heterocycles. The number of amides is 2. The predicted octanol–water partition coefficient (Wildman–Crippen LogP) is 2.03. The van der Waals surface area contributed by atoms with Crippen LogP contribution in [-0.4, -0.2) is 35.5 Å². The van der Waals surface area contributed by atoms with Crippen molar-refractivity contribution in [1.82, 2.24) is 10.2 Å². The lowest BCUT2D eigenvalue weighted by Gasteiger charge is -2.47. The Morgan fingerprint density at radius 2 is 2.00 bits per heavy atom. The number of carbonyl (C=O) groups is 2. The number of rotatable bonds is 1. The van der Waals surface area contributed by atoms with Gasteiger partial charge in [-0.15, -0.1) is 0 Å². The minimum Gasteiger partial charge on any atom is -0.468 e. The van der Waals surface area contributed by atoms with Gasteiger partial charge in [0.25, 0.3) is 0 Å². The van der Waals surface area contributed by atoms with E-state index in [4.69, 9.17) is 4.74 Å². The van der Waals surface area contributed by atoms with Gasteiger partial charge in [-0.25, -0.2) is 0 Å². The number of fused-ring (bicyclic) bond motifs is 4. The second-order valence-corrected chi connectivity index (χ2v) is 7.03. The number of hydrogen-bond acceptors (Lipinski definition) is 3. The Bertz CT molecular complexity index is 653. The fraction of sp³-hybridized carbons (Fsp3) is 0.556. The van der Waals surface area contributed by atoms with Crippen LogP contribution in [0, 0.1) is 5.92 Å². The van der Waals surface area contributed by atoms with E-state index in [0.29, 0.717) is 6.42 Å². The van der Waals surface area contributed by atoms with Crippen molar-refractivity contribution in [3.8, 4) is 5.75 Å². The van der Waals surface area contributed by atoms with Crippen LogP contribution < -0.4 is 10.1 Å². The SMILES string of the molecule is C[C@]12CC(c3ccccc3O1)C(C(=O)N1CCCCC1)C(=O)N2. The van der Waals surface area contributed by atoms with E-state index in [-0.39, 0.29) is 17.7 Å². The van der Waals surface area contributed by atoms with E-state index < -0.39 is 11.6 Å². The maximum atomic E-state index is 13.0. The lowest BCUT2D eigenvalue weighted by atomic mass is 9.74. The fourth-order valence-corrected chi connectivity index (χ4v) is 4.18. The molecule has 2 amide bonds. The number of para-hydroxylation sites is 1. The van der Waals surface area contributed by atoms with E-state index >= 15 is 0 Å². The summed E-state index contributed by atoms with van der Waals surface area (Å²) in [6, 6.07) is 7.76. The lowest BCUT2D eigenvalue weighted by molar-refractivity contribution is -0.152. The first kappa shape index (κ1) is 14.5. The van der Waals surface area contributed by atoms with Gasteiger partial charge in [0.2, 0.25) is 11.8 Å². The van der Waals surface area contributed by atoms with Crippen LogP contribution >= 0.6 is 0 Å². The van der Waals surface area contributed by atoms with Crippen molar-refractivity contribution in [2.75, 3.05) is 13.1 Å². The summed E-state index contributed by atoms with van der Waals surface area (Å²) in [5, 5.41) is 2.93. The molecule has 0 saturated carbocycles. The minimum absolute atomic E-state index is 0.0223. The van der Waals surface area contributed by atoms with E-state index in [1.165, 1.54) is 6.42 Å². The molecule has 2 bridgehead atoms. The summed E-state index contributed by atoms with van der Waals surface area (Å²) < 4.78 is 5.98. The van der Waals surface area contributed by atoms with E-state index in [0.717, 1.165) is 37.2 Å². The van der Waals surface area contributed by atoms with Crippen LogP contribution in [0.25, 0.3) is 0 Å². The van der Waals surface area contributed by atoms with Gasteiger partial charge in [0.1, 0.15) is 11.7 Å². The zero-order valence-electron chi connectivity index (χ0n) is 13.4. The smallest absolute Gasteiger partial charge is 0.236 e. The number of nitrogens with one attached hydrogen (secondary N) is 1. The number of hydrogen-bond donors (Lipinski definition) is 1. The molecule has 5 heteroatoms. The summed E-state index contributed by atoms with van der Waals surface area (Å²) in [4.78, 5) is 27.5. The van der Waals surface area contributed by atoms with Crippen molar-refractivity contribution >= 4 is 11.8 Å². The van der Waals surface area contributed by atoms with Crippen molar-refractivity contribution in [3.05, 3.63) is 29.8 Å². The molecule has 1 aromatic carbocycles. The molecule has 122 valence electrons. The van der Waals surface area contributed by atoms with Crippen molar-refractivity contribution in [2.24, 2.45) is 5.92 Å². The van der Waals surface area contributed by atoms with E-state index in [1.807, 2.05) is 36.1 Å². The van der Waals surface area contributed by atoms with Crippen LogP contribution in [0.15, 0.2) is 24.3 Å². The number of benzene rings is 1. The molecule has 3 aliphatic heterocycles. The van der Waals surface area contributed by atoms with Crippen LogP contribution in [0.1, 0.15) is 44.1 Å². The molecule has 2 fully saturated rings. The van der Waals surface area contributed by atoms with Crippen LogP contribution in [-0.2, 0) is 9.59 Å². The molecule has 0 spiro atoms. The van der Waals surface area contributed by atoms with Gasteiger partial charge in [0.15, 0.2) is 5.72 Å². The highest BCUT2D eigenvalue weighted by Gasteiger charge is 2.52. The summed E-state index contributed by atoms with van der Waals surface area (Å²) in [5.41, 5.74) is 0.268.